The van der Waals surface area contributed by atoms with Gasteiger partial charge in [0.05, 0.1) is 38.1 Å². The van der Waals surface area contributed by atoms with Crippen LogP contribution < -0.4 is 17.2 Å². The maximum Gasteiger partial charge on any atom is 0.0637 e. The number of hydrogen-bond acceptors (Lipinski definition) is 7. The molecule has 0 heterocycles. The summed E-state index contributed by atoms with van der Waals surface area (Å²) in [7, 11) is 2.26. The van der Waals surface area contributed by atoms with Crippen LogP contribution in [-0.4, -0.2) is 76.3 Å². The third-order valence-corrected chi connectivity index (χ3v) is 13.3. The van der Waals surface area contributed by atoms with Crippen LogP contribution in [-0.2, 0) is 20.8 Å². The standard InChI is InChI=1S/C38H66N4O3/c1-27(9-8-19-42(4)26-28-10-6-5-7-11-28)31-12-13-32-36-33(25-35(38(31,32)3)45-22-18-41)37(2)15-14-30(43-20-16-39)23-29(37)24-34(36)44-21-17-40/h5-7,10-11,27,29-36H,8-9,12-26,39-41H2,1-4H3/t27-,29?,30+,31?,32+,33+,34-,35+,36?,37?,38?/m1/s1. The van der Waals surface area contributed by atoms with E-state index in [1.807, 2.05) is 0 Å². The van der Waals surface area contributed by atoms with Gasteiger partial charge in [-0.2, -0.15) is 0 Å². The maximum absolute atomic E-state index is 6.87. The first-order chi connectivity index (χ1) is 21.8. The molecule has 7 heteroatoms. The van der Waals surface area contributed by atoms with Gasteiger partial charge in [-0.15, -0.1) is 0 Å². The highest BCUT2D eigenvalue weighted by molar-refractivity contribution is 5.16. The summed E-state index contributed by atoms with van der Waals surface area (Å²) in [4.78, 5) is 2.48. The van der Waals surface area contributed by atoms with Gasteiger partial charge in [0, 0.05) is 31.6 Å². The number of fused-ring (bicyclic) bond motifs is 5. The monoisotopic (exact) mass is 627 g/mol. The lowest BCUT2D eigenvalue weighted by molar-refractivity contribution is -0.226. The Labute approximate surface area is 274 Å². The molecule has 0 amide bonds. The summed E-state index contributed by atoms with van der Waals surface area (Å²) < 4.78 is 19.9. The van der Waals surface area contributed by atoms with Crippen molar-refractivity contribution in [2.75, 3.05) is 53.0 Å². The fourth-order valence-electron chi connectivity index (χ4n) is 11.2. The smallest absolute Gasteiger partial charge is 0.0637 e. The average Bonchev–Trinajstić information content (AvgIpc) is 3.40. The summed E-state index contributed by atoms with van der Waals surface area (Å²) in [5, 5.41) is 0. The van der Waals surface area contributed by atoms with Gasteiger partial charge in [0.1, 0.15) is 0 Å². The Morgan fingerprint density at radius 2 is 1.58 bits per heavy atom. The molecular weight excluding hydrogens is 560 g/mol. The predicted octanol–water partition coefficient (Wildman–Crippen LogP) is 5.45. The van der Waals surface area contributed by atoms with Crippen LogP contribution in [0.15, 0.2) is 30.3 Å². The second-order valence-corrected chi connectivity index (χ2v) is 15.8. The maximum atomic E-state index is 6.87. The molecule has 1 aromatic rings. The first kappa shape index (κ1) is 35.3. The third-order valence-electron chi connectivity index (χ3n) is 13.3. The van der Waals surface area contributed by atoms with Crippen LogP contribution in [0.5, 0.6) is 0 Å². The molecule has 0 saturated heterocycles. The molecule has 256 valence electrons. The highest BCUT2D eigenvalue weighted by atomic mass is 16.5. The van der Waals surface area contributed by atoms with Crippen molar-refractivity contribution in [3.8, 4) is 0 Å². The van der Waals surface area contributed by atoms with Crippen LogP contribution in [0, 0.1) is 46.3 Å². The number of nitrogens with zero attached hydrogens (tertiary/aromatic N) is 1. The van der Waals surface area contributed by atoms with E-state index < -0.39 is 0 Å². The molecule has 0 spiro atoms. The second kappa shape index (κ2) is 15.9. The van der Waals surface area contributed by atoms with Gasteiger partial charge in [-0.3, -0.25) is 0 Å². The summed E-state index contributed by atoms with van der Waals surface area (Å²) in [5.74, 6) is 3.69. The molecular formula is C38H66N4O3. The van der Waals surface area contributed by atoms with Crippen molar-refractivity contribution >= 4 is 0 Å². The highest BCUT2D eigenvalue weighted by Crippen LogP contribution is 2.69. The molecule has 0 bridgehead atoms. The number of ether oxygens (including phenoxy) is 3. The minimum absolute atomic E-state index is 0.140. The summed E-state index contributed by atoms with van der Waals surface area (Å²) in [6.07, 6.45) is 11.7. The van der Waals surface area contributed by atoms with E-state index in [-0.39, 0.29) is 23.0 Å². The molecule has 7 nitrogen and oxygen atoms in total. The third kappa shape index (κ3) is 7.50. The van der Waals surface area contributed by atoms with Gasteiger partial charge in [-0.25, -0.2) is 0 Å². The largest absolute Gasteiger partial charge is 0.377 e. The average molecular weight is 627 g/mol. The fraction of sp³-hybridized carbons (Fsp3) is 0.842. The van der Waals surface area contributed by atoms with Crippen LogP contribution in [0.2, 0.25) is 0 Å². The van der Waals surface area contributed by atoms with E-state index in [2.05, 4.69) is 63.1 Å². The number of nitrogens with two attached hydrogens (primary N) is 3. The quantitative estimate of drug-likeness (QED) is 0.224. The second-order valence-electron chi connectivity index (χ2n) is 15.8. The van der Waals surface area contributed by atoms with Crippen molar-refractivity contribution in [1.29, 1.82) is 0 Å². The molecule has 4 fully saturated rings. The Hall–Kier alpha value is -1.06. The molecule has 4 aliphatic rings. The number of rotatable bonds is 16. The van der Waals surface area contributed by atoms with E-state index in [4.69, 9.17) is 31.4 Å². The van der Waals surface area contributed by atoms with Crippen molar-refractivity contribution in [2.45, 2.75) is 103 Å². The topological polar surface area (TPSA) is 109 Å². The highest BCUT2D eigenvalue weighted by Gasteiger charge is 2.66. The molecule has 0 radical (unpaired) electrons. The van der Waals surface area contributed by atoms with E-state index in [0.717, 1.165) is 38.8 Å². The van der Waals surface area contributed by atoms with Gasteiger partial charge < -0.3 is 36.3 Å². The lowest BCUT2D eigenvalue weighted by Crippen LogP contribution is -2.63. The molecule has 5 rings (SSSR count). The molecule has 6 N–H and O–H groups in total. The lowest BCUT2D eigenvalue weighted by atomic mass is 9.43. The minimum Gasteiger partial charge on any atom is -0.377 e. The molecule has 0 aliphatic heterocycles. The van der Waals surface area contributed by atoms with E-state index in [9.17, 15) is 0 Å². The van der Waals surface area contributed by atoms with Crippen molar-refractivity contribution in [2.24, 2.45) is 63.5 Å². The molecule has 45 heavy (non-hydrogen) atoms. The lowest BCUT2D eigenvalue weighted by Gasteiger charge is -2.64. The summed E-state index contributed by atoms with van der Waals surface area (Å²) >= 11 is 0. The molecule has 5 unspecified atom stereocenters. The Bertz CT molecular complexity index is 1030. The molecule has 0 aromatic heterocycles. The van der Waals surface area contributed by atoms with Gasteiger partial charge >= 0.3 is 0 Å². The summed E-state index contributed by atoms with van der Waals surface area (Å²) in [5.41, 5.74) is 19.7. The molecule has 4 aliphatic carbocycles. The zero-order valence-corrected chi connectivity index (χ0v) is 29.0. The zero-order valence-electron chi connectivity index (χ0n) is 29.0. The van der Waals surface area contributed by atoms with E-state index in [1.165, 1.54) is 37.7 Å². The SMILES string of the molecule is C[C@H](CCCN(C)Cc1ccccc1)C1CC[C@H]2C3[C@H](OCCN)CC4C[C@@H](OCCN)CCC4(C)[C@H]3C[C@H](OCCN)C12C. The minimum atomic E-state index is 0.140. The Morgan fingerprint density at radius 3 is 2.31 bits per heavy atom. The number of hydrogen-bond donors (Lipinski definition) is 3. The molecule has 1 aromatic carbocycles. The Balaban J connectivity index is 1.33. The van der Waals surface area contributed by atoms with Gasteiger partial charge in [-0.1, -0.05) is 51.1 Å². The van der Waals surface area contributed by atoms with Gasteiger partial charge in [0.15, 0.2) is 0 Å². The predicted molar refractivity (Wildman–Crippen MR) is 184 cm³/mol. The normalized spacial score (nSPS) is 38.5. The summed E-state index contributed by atoms with van der Waals surface area (Å²) in [6.45, 7) is 13.6. The van der Waals surface area contributed by atoms with Crippen molar-refractivity contribution in [3.05, 3.63) is 35.9 Å². The molecule has 4 saturated carbocycles. The Kier molecular flexibility index (Phi) is 12.4. The van der Waals surface area contributed by atoms with Crippen LogP contribution >= 0.6 is 0 Å². The first-order valence-electron chi connectivity index (χ1n) is 18.4. The zero-order chi connectivity index (χ0) is 32.0. The van der Waals surface area contributed by atoms with Gasteiger partial charge in [0.25, 0.3) is 0 Å². The van der Waals surface area contributed by atoms with Crippen molar-refractivity contribution < 1.29 is 14.2 Å². The van der Waals surface area contributed by atoms with Crippen LogP contribution in [0.3, 0.4) is 0 Å². The van der Waals surface area contributed by atoms with Crippen LogP contribution in [0.25, 0.3) is 0 Å². The van der Waals surface area contributed by atoms with Crippen molar-refractivity contribution in [3.63, 3.8) is 0 Å². The van der Waals surface area contributed by atoms with Crippen molar-refractivity contribution in [1.82, 2.24) is 4.90 Å². The summed E-state index contributed by atoms with van der Waals surface area (Å²) in [6, 6.07) is 10.8. The van der Waals surface area contributed by atoms with E-state index >= 15 is 0 Å². The van der Waals surface area contributed by atoms with Crippen LogP contribution in [0.4, 0.5) is 0 Å². The van der Waals surface area contributed by atoms with E-state index in [1.54, 1.807) is 0 Å². The number of benzene rings is 1. The van der Waals surface area contributed by atoms with Gasteiger partial charge in [-0.05, 0) is 118 Å². The molecule has 11 atom stereocenters. The van der Waals surface area contributed by atoms with Gasteiger partial charge in [0.2, 0.25) is 0 Å². The Morgan fingerprint density at radius 1 is 0.867 bits per heavy atom. The first-order valence-corrected chi connectivity index (χ1v) is 18.4. The van der Waals surface area contributed by atoms with Crippen LogP contribution in [0.1, 0.15) is 84.1 Å². The van der Waals surface area contributed by atoms with E-state index in [0.29, 0.717) is 81.1 Å². The fourth-order valence-corrected chi connectivity index (χ4v) is 11.2.